The Morgan fingerprint density at radius 2 is 1.68 bits per heavy atom. The van der Waals surface area contributed by atoms with E-state index in [9.17, 15) is 8.78 Å². The summed E-state index contributed by atoms with van der Waals surface area (Å²) in [6.07, 6.45) is 1.97. The Balaban J connectivity index is 2.27. The lowest BCUT2D eigenvalue weighted by Gasteiger charge is -2.53. The van der Waals surface area contributed by atoms with Crippen LogP contribution >= 0.6 is 0 Å². The summed E-state index contributed by atoms with van der Waals surface area (Å²) in [6.45, 7) is 7.45. The van der Waals surface area contributed by atoms with Gasteiger partial charge in [-0.05, 0) is 48.9 Å². The van der Waals surface area contributed by atoms with Gasteiger partial charge in [0, 0.05) is 18.0 Å². The quantitative estimate of drug-likeness (QED) is 0.876. The van der Waals surface area contributed by atoms with Gasteiger partial charge in [0.15, 0.2) is 0 Å². The average molecular weight is 267 g/mol. The molecule has 3 heteroatoms. The molecule has 1 aromatic rings. The molecular formula is C16H23F2N. The molecule has 0 spiro atoms. The first-order valence-corrected chi connectivity index (χ1v) is 6.88. The van der Waals surface area contributed by atoms with Crippen molar-refractivity contribution in [1.29, 1.82) is 0 Å². The van der Waals surface area contributed by atoms with Crippen LogP contribution in [0.1, 0.15) is 39.2 Å². The van der Waals surface area contributed by atoms with Gasteiger partial charge in [-0.3, -0.25) is 0 Å². The predicted molar refractivity (Wildman–Crippen MR) is 74.1 cm³/mol. The van der Waals surface area contributed by atoms with E-state index in [1.54, 1.807) is 0 Å². The van der Waals surface area contributed by atoms with Crippen molar-refractivity contribution in [3.63, 3.8) is 0 Å². The van der Waals surface area contributed by atoms with Crippen molar-refractivity contribution in [3.8, 4) is 0 Å². The minimum absolute atomic E-state index is 0.115. The molecule has 0 amide bonds. The number of benzene rings is 1. The molecule has 0 aromatic heterocycles. The zero-order valence-corrected chi connectivity index (χ0v) is 12.2. The van der Waals surface area contributed by atoms with Gasteiger partial charge in [-0.2, -0.15) is 0 Å². The highest BCUT2D eigenvalue weighted by Crippen LogP contribution is 2.54. The molecule has 0 heterocycles. The average Bonchev–Trinajstić information content (AvgIpc) is 2.19. The van der Waals surface area contributed by atoms with Crippen molar-refractivity contribution in [2.24, 2.45) is 11.3 Å². The summed E-state index contributed by atoms with van der Waals surface area (Å²) in [7, 11) is 1.89. The highest BCUT2D eigenvalue weighted by atomic mass is 19.1. The minimum Gasteiger partial charge on any atom is -0.319 e. The number of halogens is 2. The Bertz CT molecular complexity index is 436. The lowest BCUT2D eigenvalue weighted by Crippen LogP contribution is -2.51. The molecule has 2 rings (SSSR count). The van der Waals surface area contributed by atoms with Crippen molar-refractivity contribution >= 4 is 0 Å². The third-order valence-corrected chi connectivity index (χ3v) is 4.49. The third kappa shape index (κ3) is 2.81. The van der Waals surface area contributed by atoms with Gasteiger partial charge >= 0.3 is 0 Å². The van der Waals surface area contributed by atoms with Crippen LogP contribution < -0.4 is 5.32 Å². The lowest BCUT2D eigenvalue weighted by atomic mass is 9.52. The van der Waals surface area contributed by atoms with Crippen molar-refractivity contribution < 1.29 is 8.78 Å². The standard InChI is InChI=1S/C16H23F2N/c1-15(2,3)12-8-16(9-12,10-19-4)11-5-13(17)7-14(18)6-11/h5-7,12,19H,8-10H2,1-4H3. The van der Waals surface area contributed by atoms with Gasteiger partial charge in [-0.15, -0.1) is 0 Å². The first kappa shape index (κ1) is 14.4. The highest BCUT2D eigenvalue weighted by molar-refractivity contribution is 5.31. The summed E-state index contributed by atoms with van der Waals surface area (Å²) in [6, 6.07) is 3.91. The first-order chi connectivity index (χ1) is 8.77. The largest absolute Gasteiger partial charge is 0.319 e. The maximum atomic E-state index is 13.4. The predicted octanol–water partition coefficient (Wildman–Crippen LogP) is 3.88. The van der Waals surface area contributed by atoms with Crippen molar-refractivity contribution in [3.05, 3.63) is 35.4 Å². The van der Waals surface area contributed by atoms with Gasteiger partial charge in [0.05, 0.1) is 0 Å². The van der Waals surface area contributed by atoms with E-state index in [1.807, 2.05) is 7.05 Å². The lowest BCUT2D eigenvalue weighted by molar-refractivity contribution is 0.0457. The van der Waals surface area contributed by atoms with E-state index >= 15 is 0 Å². The van der Waals surface area contributed by atoms with Gasteiger partial charge in [-0.1, -0.05) is 20.8 Å². The van der Waals surface area contributed by atoms with Gasteiger partial charge in [0.1, 0.15) is 11.6 Å². The summed E-state index contributed by atoms with van der Waals surface area (Å²) in [4.78, 5) is 0. The van der Waals surface area contributed by atoms with Gasteiger partial charge in [-0.25, -0.2) is 8.78 Å². The van der Waals surface area contributed by atoms with Crippen LogP contribution in [0.2, 0.25) is 0 Å². The topological polar surface area (TPSA) is 12.0 Å². The van der Waals surface area contributed by atoms with Crippen molar-refractivity contribution in [1.82, 2.24) is 5.32 Å². The molecule has 1 aromatic carbocycles. The molecule has 1 aliphatic rings. The number of likely N-dealkylation sites (N-methyl/N-ethyl adjacent to an activating group) is 1. The Morgan fingerprint density at radius 3 is 2.11 bits per heavy atom. The molecule has 106 valence electrons. The van der Waals surface area contributed by atoms with Gasteiger partial charge < -0.3 is 5.32 Å². The van der Waals surface area contributed by atoms with Crippen molar-refractivity contribution in [2.75, 3.05) is 13.6 Å². The zero-order valence-electron chi connectivity index (χ0n) is 12.2. The second kappa shape index (κ2) is 4.86. The molecule has 0 unspecified atom stereocenters. The molecule has 1 nitrogen and oxygen atoms in total. The fourth-order valence-corrected chi connectivity index (χ4v) is 3.18. The molecule has 1 N–H and O–H groups in total. The Morgan fingerprint density at radius 1 is 1.16 bits per heavy atom. The SMILES string of the molecule is CNCC1(c2cc(F)cc(F)c2)CC(C(C)(C)C)C1. The van der Waals surface area contributed by atoms with E-state index in [0.717, 1.165) is 31.0 Å². The Kier molecular flexibility index (Phi) is 3.69. The molecular weight excluding hydrogens is 244 g/mol. The molecule has 1 saturated carbocycles. The highest BCUT2D eigenvalue weighted by Gasteiger charge is 2.49. The monoisotopic (exact) mass is 267 g/mol. The summed E-state index contributed by atoms with van der Waals surface area (Å²) >= 11 is 0. The van der Waals surface area contributed by atoms with Crippen LogP contribution in [-0.2, 0) is 5.41 Å². The van der Waals surface area contributed by atoms with Crippen LogP contribution in [0.15, 0.2) is 18.2 Å². The smallest absolute Gasteiger partial charge is 0.126 e. The van der Waals surface area contributed by atoms with E-state index in [0.29, 0.717) is 5.92 Å². The fourth-order valence-electron chi connectivity index (χ4n) is 3.18. The zero-order chi connectivity index (χ0) is 14.3. The number of hydrogen-bond acceptors (Lipinski definition) is 1. The van der Waals surface area contributed by atoms with Gasteiger partial charge in [0.2, 0.25) is 0 Å². The molecule has 0 saturated heterocycles. The molecule has 0 radical (unpaired) electrons. The van der Waals surface area contributed by atoms with E-state index in [4.69, 9.17) is 0 Å². The van der Waals surface area contributed by atoms with Crippen LogP contribution in [0.3, 0.4) is 0 Å². The van der Waals surface area contributed by atoms with E-state index in [2.05, 4.69) is 26.1 Å². The van der Waals surface area contributed by atoms with E-state index in [-0.39, 0.29) is 10.8 Å². The van der Waals surface area contributed by atoms with Crippen LogP contribution in [0.4, 0.5) is 8.78 Å². The fraction of sp³-hybridized carbons (Fsp3) is 0.625. The normalized spacial score (nSPS) is 27.2. The second-order valence-electron chi connectivity index (χ2n) is 6.94. The molecule has 0 aliphatic heterocycles. The molecule has 1 aliphatic carbocycles. The number of rotatable bonds is 3. The molecule has 0 bridgehead atoms. The molecule has 19 heavy (non-hydrogen) atoms. The summed E-state index contributed by atoms with van der Waals surface area (Å²) in [5.41, 5.74) is 0.929. The summed E-state index contributed by atoms with van der Waals surface area (Å²) in [5, 5.41) is 3.17. The van der Waals surface area contributed by atoms with Crippen LogP contribution in [0.25, 0.3) is 0 Å². The van der Waals surface area contributed by atoms with Crippen LogP contribution in [-0.4, -0.2) is 13.6 Å². The molecule has 0 atom stereocenters. The summed E-state index contributed by atoms with van der Waals surface area (Å²) in [5.74, 6) is -0.360. The van der Waals surface area contributed by atoms with Crippen molar-refractivity contribution in [2.45, 2.75) is 39.0 Å². The van der Waals surface area contributed by atoms with Crippen LogP contribution in [0, 0.1) is 23.0 Å². The Labute approximate surface area is 114 Å². The number of nitrogens with one attached hydrogen (secondary N) is 1. The van der Waals surface area contributed by atoms with E-state index < -0.39 is 11.6 Å². The number of hydrogen-bond donors (Lipinski definition) is 1. The summed E-state index contributed by atoms with van der Waals surface area (Å²) < 4.78 is 26.9. The maximum Gasteiger partial charge on any atom is 0.126 e. The first-order valence-electron chi connectivity index (χ1n) is 6.88. The Hall–Kier alpha value is -0.960. The van der Waals surface area contributed by atoms with E-state index in [1.165, 1.54) is 12.1 Å². The molecule has 1 fully saturated rings. The maximum absolute atomic E-state index is 13.4. The van der Waals surface area contributed by atoms with Crippen LogP contribution in [0.5, 0.6) is 0 Å². The minimum atomic E-state index is -0.482. The van der Waals surface area contributed by atoms with Gasteiger partial charge in [0.25, 0.3) is 0 Å². The third-order valence-electron chi connectivity index (χ3n) is 4.49. The second-order valence-corrected chi connectivity index (χ2v) is 6.94.